The molecular formula is C17H19BrFNO. The molecule has 2 rings (SSSR count). The van der Waals surface area contributed by atoms with Crippen molar-refractivity contribution >= 4 is 15.9 Å². The van der Waals surface area contributed by atoms with Crippen LogP contribution in [0.4, 0.5) is 4.39 Å². The van der Waals surface area contributed by atoms with Crippen molar-refractivity contribution < 1.29 is 9.13 Å². The predicted octanol–water partition coefficient (Wildman–Crippen LogP) is 4.67. The summed E-state index contributed by atoms with van der Waals surface area (Å²) in [5, 5.41) is 3.37. The third-order valence-electron chi connectivity index (χ3n) is 3.08. The van der Waals surface area contributed by atoms with Gasteiger partial charge in [0.2, 0.25) is 0 Å². The highest BCUT2D eigenvalue weighted by atomic mass is 79.9. The monoisotopic (exact) mass is 351 g/mol. The molecule has 0 fully saturated rings. The molecule has 0 saturated carbocycles. The van der Waals surface area contributed by atoms with Gasteiger partial charge >= 0.3 is 0 Å². The van der Waals surface area contributed by atoms with Crippen molar-refractivity contribution in [2.75, 3.05) is 6.54 Å². The Kier molecular flexibility index (Phi) is 6.21. The number of ether oxygens (including phenoxy) is 1. The lowest BCUT2D eigenvalue weighted by Crippen LogP contribution is -2.14. The van der Waals surface area contributed by atoms with Gasteiger partial charge < -0.3 is 10.1 Å². The number of halogens is 2. The maximum absolute atomic E-state index is 12.8. The van der Waals surface area contributed by atoms with Gasteiger partial charge in [0.25, 0.3) is 0 Å². The topological polar surface area (TPSA) is 21.3 Å². The van der Waals surface area contributed by atoms with E-state index in [9.17, 15) is 4.39 Å². The number of nitrogens with one attached hydrogen (secondary N) is 1. The molecular weight excluding hydrogens is 333 g/mol. The van der Waals surface area contributed by atoms with Gasteiger partial charge in [0.05, 0.1) is 0 Å². The molecule has 0 aliphatic rings. The Bertz CT molecular complexity index is 572. The van der Waals surface area contributed by atoms with Crippen LogP contribution in [0.25, 0.3) is 0 Å². The van der Waals surface area contributed by atoms with Gasteiger partial charge in [0.1, 0.15) is 18.2 Å². The number of hydrogen-bond acceptors (Lipinski definition) is 2. The van der Waals surface area contributed by atoms with Crippen LogP contribution in [0, 0.1) is 5.82 Å². The fourth-order valence-corrected chi connectivity index (χ4v) is 2.31. The maximum Gasteiger partial charge on any atom is 0.123 e. The van der Waals surface area contributed by atoms with Crippen LogP contribution in [0.5, 0.6) is 5.75 Å². The maximum atomic E-state index is 12.8. The van der Waals surface area contributed by atoms with Crippen LogP contribution in [0.2, 0.25) is 0 Å². The van der Waals surface area contributed by atoms with Gasteiger partial charge in [-0.05, 0) is 54.4 Å². The summed E-state index contributed by atoms with van der Waals surface area (Å²) in [4.78, 5) is 0. The SMILES string of the molecule is CCCNCc1cc(OCc2ccc(F)cc2)ccc1Br. The minimum absolute atomic E-state index is 0.230. The second kappa shape index (κ2) is 8.15. The summed E-state index contributed by atoms with van der Waals surface area (Å²) in [5.74, 6) is 0.586. The molecule has 2 aromatic rings. The molecule has 4 heteroatoms. The normalized spacial score (nSPS) is 10.6. The molecule has 0 saturated heterocycles. The average molecular weight is 352 g/mol. The van der Waals surface area contributed by atoms with E-state index in [0.29, 0.717) is 6.61 Å². The minimum Gasteiger partial charge on any atom is -0.489 e. The molecule has 0 amide bonds. The third kappa shape index (κ3) is 5.14. The van der Waals surface area contributed by atoms with Crippen LogP contribution in [0.15, 0.2) is 46.9 Å². The van der Waals surface area contributed by atoms with Crippen molar-refractivity contribution in [3.8, 4) is 5.75 Å². The summed E-state index contributed by atoms with van der Waals surface area (Å²) in [5.41, 5.74) is 2.12. The van der Waals surface area contributed by atoms with E-state index in [1.54, 1.807) is 12.1 Å². The summed E-state index contributed by atoms with van der Waals surface area (Å²) >= 11 is 3.55. The molecule has 0 aliphatic carbocycles. The van der Waals surface area contributed by atoms with Crippen molar-refractivity contribution in [3.63, 3.8) is 0 Å². The van der Waals surface area contributed by atoms with E-state index in [0.717, 1.165) is 35.3 Å². The van der Waals surface area contributed by atoms with Gasteiger partial charge in [-0.25, -0.2) is 4.39 Å². The fraction of sp³-hybridized carbons (Fsp3) is 0.294. The van der Waals surface area contributed by atoms with Crippen LogP contribution in [-0.4, -0.2) is 6.54 Å². The zero-order chi connectivity index (χ0) is 15.1. The Labute approximate surface area is 133 Å². The molecule has 0 spiro atoms. The molecule has 0 atom stereocenters. The van der Waals surface area contributed by atoms with E-state index < -0.39 is 0 Å². The number of hydrogen-bond donors (Lipinski definition) is 1. The Hall–Kier alpha value is -1.39. The van der Waals surface area contributed by atoms with Crippen molar-refractivity contribution in [2.24, 2.45) is 0 Å². The van der Waals surface area contributed by atoms with Gasteiger partial charge in [0, 0.05) is 11.0 Å². The average Bonchev–Trinajstić information content (AvgIpc) is 2.49. The Morgan fingerprint density at radius 3 is 2.62 bits per heavy atom. The first-order valence-electron chi connectivity index (χ1n) is 7.05. The lowest BCUT2D eigenvalue weighted by atomic mass is 10.2. The molecule has 2 nitrogen and oxygen atoms in total. The lowest BCUT2D eigenvalue weighted by Gasteiger charge is -2.10. The fourth-order valence-electron chi connectivity index (χ4n) is 1.92. The van der Waals surface area contributed by atoms with Crippen molar-refractivity contribution in [3.05, 3.63) is 63.9 Å². The Morgan fingerprint density at radius 2 is 1.90 bits per heavy atom. The van der Waals surface area contributed by atoms with Crippen LogP contribution in [-0.2, 0) is 13.2 Å². The summed E-state index contributed by atoms with van der Waals surface area (Å²) < 4.78 is 19.7. The summed E-state index contributed by atoms with van der Waals surface area (Å²) in [7, 11) is 0. The highest BCUT2D eigenvalue weighted by Crippen LogP contribution is 2.23. The highest BCUT2D eigenvalue weighted by molar-refractivity contribution is 9.10. The van der Waals surface area contributed by atoms with Gasteiger partial charge in [-0.1, -0.05) is 35.0 Å². The third-order valence-corrected chi connectivity index (χ3v) is 3.85. The second-order valence-corrected chi connectivity index (χ2v) is 5.70. The predicted molar refractivity (Wildman–Crippen MR) is 86.9 cm³/mol. The molecule has 2 aromatic carbocycles. The first-order chi connectivity index (χ1) is 10.2. The minimum atomic E-state index is -0.230. The van der Waals surface area contributed by atoms with Crippen molar-refractivity contribution in [1.82, 2.24) is 5.32 Å². The quantitative estimate of drug-likeness (QED) is 0.732. The summed E-state index contributed by atoms with van der Waals surface area (Å²) in [6.07, 6.45) is 1.11. The van der Waals surface area contributed by atoms with Gasteiger partial charge in [-0.15, -0.1) is 0 Å². The molecule has 0 aliphatic heterocycles. The van der Waals surface area contributed by atoms with Crippen molar-refractivity contribution in [2.45, 2.75) is 26.5 Å². The van der Waals surface area contributed by atoms with Crippen LogP contribution in [0.1, 0.15) is 24.5 Å². The van der Waals surface area contributed by atoms with E-state index >= 15 is 0 Å². The van der Waals surface area contributed by atoms with Gasteiger partial charge in [0.15, 0.2) is 0 Å². The van der Waals surface area contributed by atoms with E-state index in [2.05, 4.69) is 28.2 Å². The summed E-state index contributed by atoms with van der Waals surface area (Å²) in [6, 6.07) is 12.3. The lowest BCUT2D eigenvalue weighted by molar-refractivity contribution is 0.305. The molecule has 112 valence electrons. The first-order valence-corrected chi connectivity index (χ1v) is 7.84. The van der Waals surface area contributed by atoms with E-state index in [1.165, 1.54) is 17.7 Å². The van der Waals surface area contributed by atoms with E-state index in [-0.39, 0.29) is 5.82 Å². The van der Waals surface area contributed by atoms with Gasteiger partial charge in [-0.2, -0.15) is 0 Å². The summed E-state index contributed by atoms with van der Waals surface area (Å²) in [6.45, 7) is 4.38. The zero-order valence-electron chi connectivity index (χ0n) is 12.0. The van der Waals surface area contributed by atoms with Gasteiger partial charge in [-0.3, -0.25) is 0 Å². The first kappa shape index (κ1) is 16.0. The molecule has 21 heavy (non-hydrogen) atoms. The smallest absolute Gasteiger partial charge is 0.123 e. The van der Waals surface area contributed by atoms with Crippen LogP contribution in [0.3, 0.4) is 0 Å². The standard InChI is InChI=1S/C17H19BrFNO/c1-2-9-20-11-14-10-16(7-8-17(14)18)21-12-13-3-5-15(19)6-4-13/h3-8,10,20H,2,9,11-12H2,1H3. The van der Waals surface area contributed by atoms with E-state index in [1.807, 2.05) is 18.2 Å². The Balaban J connectivity index is 1.96. The van der Waals surface area contributed by atoms with Crippen LogP contribution < -0.4 is 10.1 Å². The molecule has 0 radical (unpaired) electrons. The van der Waals surface area contributed by atoms with Crippen LogP contribution >= 0.6 is 15.9 Å². The molecule has 0 aromatic heterocycles. The molecule has 1 N–H and O–H groups in total. The van der Waals surface area contributed by atoms with E-state index in [4.69, 9.17) is 4.74 Å². The highest BCUT2D eigenvalue weighted by Gasteiger charge is 2.03. The molecule has 0 heterocycles. The largest absolute Gasteiger partial charge is 0.489 e. The molecule has 0 unspecified atom stereocenters. The number of rotatable bonds is 7. The van der Waals surface area contributed by atoms with Crippen molar-refractivity contribution in [1.29, 1.82) is 0 Å². The second-order valence-electron chi connectivity index (χ2n) is 4.85. The number of benzene rings is 2. The zero-order valence-corrected chi connectivity index (χ0v) is 13.6. The Morgan fingerprint density at radius 1 is 1.14 bits per heavy atom. The molecule has 0 bridgehead atoms.